The Balaban J connectivity index is 2.14. The summed E-state index contributed by atoms with van der Waals surface area (Å²) in [5.41, 5.74) is -0.686. The predicted molar refractivity (Wildman–Crippen MR) is 54.3 cm³/mol. The van der Waals surface area contributed by atoms with Gasteiger partial charge in [0, 0.05) is 0 Å². The van der Waals surface area contributed by atoms with Crippen molar-refractivity contribution in [2.75, 3.05) is 0 Å². The van der Waals surface area contributed by atoms with Gasteiger partial charge in [-0.3, -0.25) is 0 Å². The molecule has 1 saturated carbocycles. The molecule has 1 aliphatic carbocycles. The molecule has 0 aromatic heterocycles. The fourth-order valence-corrected chi connectivity index (χ4v) is 1.91. The molecule has 0 spiro atoms. The summed E-state index contributed by atoms with van der Waals surface area (Å²) >= 11 is 0. The van der Waals surface area contributed by atoms with E-state index in [4.69, 9.17) is 4.74 Å². The minimum atomic E-state index is -4.34. The zero-order valence-electron chi connectivity index (χ0n) is 8.92. The SMILES string of the molecule is CC1CC(Oc2ccccc2C(F)(F)F)C1. The summed E-state index contributed by atoms with van der Waals surface area (Å²) in [6.45, 7) is 2.07. The third-order valence-electron chi connectivity index (χ3n) is 2.82. The Bertz CT molecular complexity index is 367. The first-order valence-corrected chi connectivity index (χ1v) is 5.29. The highest BCUT2D eigenvalue weighted by Gasteiger charge is 2.36. The number of hydrogen-bond acceptors (Lipinski definition) is 1. The van der Waals surface area contributed by atoms with Gasteiger partial charge in [-0.05, 0) is 30.9 Å². The summed E-state index contributed by atoms with van der Waals surface area (Å²) < 4.78 is 43.2. The van der Waals surface area contributed by atoms with Crippen LogP contribution in [0.4, 0.5) is 13.2 Å². The molecule has 1 nitrogen and oxygen atoms in total. The molecule has 0 amide bonds. The summed E-state index contributed by atoms with van der Waals surface area (Å²) in [6, 6.07) is 5.37. The van der Waals surface area contributed by atoms with E-state index in [1.165, 1.54) is 12.1 Å². The molecule has 0 radical (unpaired) electrons. The molecular formula is C12H13F3O. The van der Waals surface area contributed by atoms with Crippen LogP contribution in [-0.2, 0) is 6.18 Å². The molecule has 1 aliphatic rings. The summed E-state index contributed by atoms with van der Waals surface area (Å²) in [7, 11) is 0. The maximum Gasteiger partial charge on any atom is 0.419 e. The quantitative estimate of drug-likeness (QED) is 0.749. The molecule has 16 heavy (non-hydrogen) atoms. The molecule has 0 heterocycles. The van der Waals surface area contributed by atoms with Crippen LogP contribution in [0.25, 0.3) is 0 Å². The van der Waals surface area contributed by atoms with Crippen molar-refractivity contribution >= 4 is 0 Å². The molecule has 2 rings (SSSR count). The van der Waals surface area contributed by atoms with Crippen LogP contribution >= 0.6 is 0 Å². The lowest BCUT2D eigenvalue weighted by Gasteiger charge is -2.33. The number of ether oxygens (including phenoxy) is 1. The first-order chi connectivity index (χ1) is 7.47. The largest absolute Gasteiger partial charge is 0.490 e. The van der Waals surface area contributed by atoms with E-state index in [2.05, 4.69) is 6.92 Å². The van der Waals surface area contributed by atoms with Crippen LogP contribution in [0.5, 0.6) is 5.75 Å². The Kier molecular flexibility index (Phi) is 2.82. The number of alkyl halides is 3. The van der Waals surface area contributed by atoms with Gasteiger partial charge in [0.25, 0.3) is 0 Å². The Morgan fingerprint density at radius 2 is 1.81 bits per heavy atom. The van der Waals surface area contributed by atoms with Crippen molar-refractivity contribution in [1.29, 1.82) is 0 Å². The molecule has 0 aliphatic heterocycles. The third kappa shape index (κ3) is 2.31. The Labute approximate surface area is 92.2 Å². The average Bonchev–Trinajstić information content (AvgIpc) is 2.14. The number of para-hydroxylation sites is 1. The lowest BCUT2D eigenvalue weighted by atomic mass is 9.84. The lowest BCUT2D eigenvalue weighted by molar-refractivity contribution is -0.139. The van der Waals surface area contributed by atoms with Gasteiger partial charge in [-0.15, -0.1) is 0 Å². The van der Waals surface area contributed by atoms with Gasteiger partial charge in [-0.2, -0.15) is 13.2 Å². The first-order valence-electron chi connectivity index (χ1n) is 5.29. The highest BCUT2D eigenvalue weighted by Crippen LogP contribution is 2.38. The molecule has 0 atom stereocenters. The first kappa shape index (κ1) is 11.3. The normalized spacial score (nSPS) is 25.0. The number of halogens is 3. The van der Waals surface area contributed by atoms with E-state index >= 15 is 0 Å². The maximum atomic E-state index is 12.6. The fourth-order valence-electron chi connectivity index (χ4n) is 1.91. The molecule has 0 saturated heterocycles. The van der Waals surface area contributed by atoms with Gasteiger partial charge < -0.3 is 4.74 Å². The molecule has 1 aromatic carbocycles. The Morgan fingerprint density at radius 1 is 1.19 bits per heavy atom. The summed E-state index contributed by atoms with van der Waals surface area (Å²) in [6.07, 6.45) is -2.72. The Morgan fingerprint density at radius 3 is 2.38 bits per heavy atom. The number of hydrogen-bond donors (Lipinski definition) is 0. The van der Waals surface area contributed by atoms with Gasteiger partial charge in [-0.25, -0.2) is 0 Å². The molecule has 1 aromatic rings. The monoisotopic (exact) mass is 230 g/mol. The van der Waals surface area contributed by atoms with Gasteiger partial charge in [-0.1, -0.05) is 19.1 Å². The van der Waals surface area contributed by atoms with E-state index in [9.17, 15) is 13.2 Å². The third-order valence-corrected chi connectivity index (χ3v) is 2.82. The van der Waals surface area contributed by atoms with Crippen molar-refractivity contribution in [1.82, 2.24) is 0 Å². The van der Waals surface area contributed by atoms with Crippen molar-refractivity contribution in [3.63, 3.8) is 0 Å². The van der Waals surface area contributed by atoms with E-state index in [-0.39, 0.29) is 11.9 Å². The lowest BCUT2D eigenvalue weighted by Crippen LogP contribution is -2.32. The van der Waals surface area contributed by atoms with E-state index in [0.29, 0.717) is 5.92 Å². The average molecular weight is 230 g/mol. The van der Waals surface area contributed by atoms with Gasteiger partial charge in [0.2, 0.25) is 0 Å². The minimum absolute atomic E-state index is 0.0492. The van der Waals surface area contributed by atoms with Gasteiger partial charge >= 0.3 is 6.18 Å². The zero-order valence-corrected chi connectivity index (χ0v) is 8.92. The zero-order chi connectivity index (χ0) is 11.8. The van der Waals surface area contributed by atoms with Crippen LogP contribution in [0.2, 0.25) is 0 Å². The standard InChI is InChI=1S/C12H13F3O/c1-8-6-9(7-8)16-11-5-3-2-4-10(11)12(13,14)15/h2-5,8-9H,6-7H2,1H3. The maximum absolute atomic E-state index is 12.6. The second kappa shape index (κ2) is 4.00. The number of benzene rings is 1. The second-order valence-corrected chi connectivity index (χ2v) is 4.31. The smallest absolute Gasteiger partial charge is 0.419 e. The van der Waals surface area contributed by atoms with Crippen LogP contribution in [0.3, 0.4) is 0 Å². The fraction of sp³-hybridized carbons (Fsp3) is 0.500. The Hall–Kier alpha value is -1.19. The van der Waals surface area contributed by atoms with Gasteiger partial charge in [0.15, 0.2) is 0 Å². The molecule has 88 valence electrons. The van der Waals surface area contributed by atoms with Crippen molar-refractivity contribution in [2.45, 2.75) is 32.0 Å². The highest BCUT2D eigenvalue weighted by molar-refractivity contribution is 5.35. The molecule has 4 heteroatoms. The highest BCUT2D eigenvalue weighted by atomic mass is 19.4. The van der Waals surface area contributed by atoms with Crippen molar-refractivity contribution in [3.05, 3.63) is 29.8 Å². The summed E-state index contributed by atoms with van der Waals surface area (Å²) in [5.74, 6) is 0.509. The predicted octanol–water partition coefficient (Wildman–Crippen LogP) is 3.88. The second-order valence-electron chi connectivity index (χ2n) is 4.31. The van der Waals surface area contributed by atoms with Crippen LogP contribution in [0.1, 0.15) is 25.3 Å². The molecule has 0 unspecified atom stereocenters. The van der Waals surface area contributed by atoms with E-state index in [0.717, 1.165) is 18.9 Å². The minimum Gasteiger partial charge on any atom is -0.490 e. The van der Waals surface area contributed by atoms with Crippen LogP contribution in [0, 0.1) is 5.92 Å². The van der Waals surface area contributed by atoms with Gasteiger partial charge in [0.1, 0.15) is 5.75 Å². The van der Waals surface area contributed by atoms with Crippen molar-refractivity contribution < 1.29 is 17.9 Å². The van der Waals surface area contributed by atoms with E-state index in [1.807, 2.05) is 0 Å². The van der Waals surface area contributed by atoms with Crippen LogP contribution in [-0.4, -0.2) is 6.10 Å². The van der Waals surface area contributed by atoms with Crippen molar-refractivity contribution in [2.24, 2.45) is 5.92 Å². The van der Waals surface area contributed by atoms with Crippen LogP contribution in [0.15, 0.2) is 24.3 Å². The van der Waals surface area contributed by atoms with Crippen LogP contribution < -0.4 is 4.74 Å². The molecule has 0 N–H and O–H groups in total. The van der Waals surface area contributed by atoms with E-state index in [1.54, 1.807) is 6.07 Å². The van der Waals surface area contributed by atoms with Gasteiger partial charge in [0.05, 0.1) is 11.7 Å². The topological polar surface area (TPSA) is 9.23 Å². The summed E-state index contributed by atoms with van der Waals surface area (Å²) in [4.78, 5) is 0. The number of rotatable bonds is 2. The van der Waals surface area contributed by atoms with E-state index < -0.39 is 11.7 Å². The molecule has 0 bridgehead atoms. The summed E-state index contributed by atoms with van der Waals surface area (Å²) in [5, 5.41) is 0. The molecular weight excluding hydrogens is 217 g/mol. The van der Waals surface area contributed by atoms with Crippen molar-refractivity contribution in [3.8, 4) is 5.75 Å². The molecule has 1 fully saturated rings.